The number of ether oxygens (including phenoxy) is 1. The second-order valence-electron chi connectivity index (χ2n) is 3.14. The number of thioether (sulfide) groups is 1. The lowest BCUT2D eigenvalue weighted by molar-refractivity contribution is -0.136. The molecular weight excluding hydrogens is 212 g/mol. The monoisotopic (exact) mass is 226 g/mol. The molecule has 1 aromatic carbocycles. The maximum absolute atomic E-state index is 10.6. The number of carbonyl (C=O) groups is 1. The largest absolute Gasteiger partial charge is 0.497 e. The van der Waals surface area contributed by atoms with E-state index in [-0.39, 0.29) is 5.25 Å². The molecule has 1 atom stereocenters. The zero-order valence-corrected chi connectivity index (χ0v) is 9.58. The van der Waals surface area contributed by atoms with Crippen molar-refractivity contribution in [1.82, 2.24) is 0 Å². The Morgan fingerprint density at radius 2 is 2.07 bits per heavy atom. The van der Waals surface area contributed by atoms with Crippen LogP contribution in [0.5, 0.6) is 5.75 Å². The van der Waals surface area contributed by atoms with Gasteiger partial charge in [-0.2, -0.15) is 0 Å². The number of benzene rings is 1. The van der Waals surface area contributed by atoms with Gasteiger partial charge in [0, 0.05) is 5.75 Å². The fraction of sp³-hybridized carbons (Fsp3) is 0.364. The highest BCUT2D eigenvalue weighted by molar-refractivity contribution is 7.99. The Morgan fingerprint density at radius 1 is 1.47 bits per heavy atom. The van der Waals surface area contributed by atoms with E-state index in [1.807, 2.05) is 24.3 Å². The van der Waals surface area contributed by atoms with Crippen molar-refractivity contribution in [3.05, 3.63) is 29.8 Å². The fourth-order valence-corrected chi connectivity index (χ4v) is 1.79. The molecule has 0 aromatic heterocycles. The van der Waals surface area contributed by atoms with E-state index in [1.165, 1.54) is 11.8 Å². The highest BCUT2D eigenvalue weighted by atomic mass is 32.2. The summed E-state index contributed by atoms with van der Waals surface area (Å²) in [6, 6.07) is 7.64. The summed E-state index contributed by atoms with van der Waals surface area (Å²) < 4.78 is 5.03. The first-order chi connectivity index (χ1) is 7.13. The average molecular weight is 226 g/mol. The van der Waals surface area contributed by atoms with Gasteiger partial charge in [0.1, 0.15) is 5.75 Å². The van der Waals surface area contributed by atoms with Crippen LogP contribution >= 0.6 is 11.8 Å². The van der Waals surface area contributed by atoms with Gasteiger partial charge in [0.15, 0.2) is 0 Å². The quantitative estimate of drug-likeness (QED) is 0.837. The van der Waals surface area contributed by atoms with Crippen molar-refractivity contribution >= 4 is 17.7 Å². The molecule has 1 rings (SSSR count). The molecule has 0 saturated carbocycles. The molecule has 0 aliphatic heterocycles. The molecule has 3 nitrogen and oxygen atoms in total. The van der Waals surface area contributed by atoms with Gasteiger partial charge < -0.3 is 9.84 Å². The molecule has 1 aromatic rings. The Balaban J connectivity index is 2.47. The highest BCUT2D eigenvalue weighted by Crippen LogP contribution is 2.19. The molecule has 0 unspecified atom stereocenters. The summed E-state index contributed by atoms with van der Waals surface area (Å²) in [6.45, 7) is 1.69. The third kappa shape index (κ3) is 3.83. The van der Waals surface area contributed by atoms with Crippen molar-refractivity contribution < 1.29 is 14.6 Å². The Kier molecular flexibility index (Phi) is 4.49. The summed E-state index contributed by atoms with van der Waals surface area (Å²) in [7, 11) is 1.62. The second-order valence-corrected chi connectivity index (χ2v) is 4.47. The highest BCUT2D eigenvalue weighted by Gasteiger charge is 2.10. The zero-order chi connectivity index (χ0) is 11.3. The van der Waals surface area contributed by atoms with Gasteiger partial charge in [0.25, 0.3) is 0 Å². The predicted molar refractivity (Wildman–Crippen MR) is 61.4 cm³/mol. The van der Waals surface area contributed by atoms with E-state index in [4.69, 9.17) is 9.84 Å². The molecule has 1 N–H and O–H groups in total. The van der Waals surface area contributed by atoms with Crippen LogP contribution in [0.25, 0.3) is 0 Å². The van der Waals surface area contributed by atoms with Crippen LogP contribution in [-0.4, -0.2) is 23.4 Å². The van der Waals surface area contributed by atoms with Crippen LogP contribution in [0.15, 0.2) is 24.3 Å². The van der Waals surface area contributed by atoms with Gasteiger partial charge in [-0.05, 0) is 24.6 Å². The van der Waals surface area contributed by atoms with Gasteiger partial charge in [-0.3, -0.25) is 4.79 Å². The second kappa shape index (κ2) is 5.66. The zero-order valence-electron chi connectivity index (χ0n) is 8.77. The molecule has 0 radical (unpaired) electrons. The molecule has 0 amide bonds. The number of aliphatic carboxylic acids is 1. The van der Waals surface area contributed by atoms with E-state index < -0.39 is 5.97 Å². The molecule has 0 aliphatic carbocycles. The van der Waals surface area contributed by atoms with Crippen LogP contribution in [0.2, 0.25) is 0 Å². The number of rotatable bonds is 5. The summed E-state index contributed by atoms with van der Waals surface area (Å²) >= 11 is 1.41. The lowest BCUT2D eigenvalue weighted by atomic mass is 10.2. The first-order valence-electron chi connectivity index (χ1n) is 4.61. The molecule has 0 saturated heterocycles. The fourth-order valence-electron chi connectivity index (χ4n) is 1.01. The van der Waals surface area contributed by atoms with E-state index in [2.05, 4.69) is 0 Å². The Hall–Kier alpha value is -1.16. The number of methoxy groups -OCH3 is 1. The SMILES string of the molecule is COc1ccc(CS[C@H](C)C(=O)O)cc1. The van der Waals surface area contributed by atoms with Crippen molar-refractivity contribution in [2.24, 2.45) is 0 Å². The minimum absolute atomic E-state index is 0.368. The predicted octanol–water partition coefficient (Wildman–Crippen LogP) is 2.40. The van der Waals surface area contributed by atoms with E-state index in [9.17, 15) is 4.79 Å². The van der Waals surface area contributed by atoms with Crippen molar-refractivity contribution in [2.75, 3.05) is 7.11 Å². The van der Waals surface area contributed by atoms with Gasteiger partial charge in [0.05, 0.1) is 12.4 Å². The average Bonchev–Trinajstić information content (AvgIpc) is 2.26. The summed E-state index contributed by atoms with van der Waals surface area (Å²) in [5.41, 5.74) is 1.11. The molecule has 82 valence electrons. The summed E-state index contributed by atoms with van der Waals surface area (Å²) in [4.78, 5) is 10.6. The summed E-state index contributed by atoms with van der Waals surface area (Å²) in [5, 5.41) is 8.33. The van der Waals surface area contributed by atoms with Gasteiger partial charge in [-0.15, -0.1) is 11.8 Å². The standard InChI is InChI=1S/C11H14O3S/c1-8(11(12)13)15-7-9-3-5-10(14-2)6-4-9/h3-6,8H,7H2,1-2H3,(H,12,13)/t8-/m1/s1. The lowest BCUT2D eigenvalue weighted by Crippen LogP contribution is -2.11. The molecule has 0 heterocycles. The van der Waals surface area contributed by atoms with Crippen LogP contribution in [-0.2, 0) is 10.5 Å². The Labute approximate surface area is 93.4 Å². The van der Waals surface area contributed by atoms with E-state index in [0.717, 1.165) is 11.3 Å². The van der Waals surface area contributed by atoms with Crippen molar-refractivity contribution in [3.8, 4) is 5.75 Å². The smallest absolute Gasteiger partial charge is 0.316 e. The Bertz CT molecular complexity index is 321. The topological polar surface area (TPSA) is 46.5 Å². The van der Waals surface area contributed by atoms with Crippen LogP contribution in [0, 0.1) is 0 Å². The third-order valence-electron chi connectivity index (χ3n) is 2.01. The molecule has 0 fully saturated rings. The Morgan fingerprint density at radius 3 is 2.53 bits per heavy atom. The van der Waals surface area contributed by atoms with Gasteiger partial charge in [0.2, 0.25) is 0 Å². The van der Waals surface area contributed by atoms with Crippen LogP contribution in [0.3, 0.4) is 0 Å². The number of carboxylic acid groups (broad SMARTS) is 1. The van der Waals surface area contributed by atoms with Gasteiger partial charge in [-0.25, -0.2) is 0 Å². The first kappa shape index (κ1) is 11.9. The van der Waals surface area contributed by atoms with Gasteiger partial charge >= 0.3 is 5.97 Å². The van der Waals surface area contributed by atoms with Crippen LogP contribution in [0.4, 0.5) is 0 Å². The number of hydrogen-bond acceptors (Lipinski definition) is 3. The van der Waals surface area contributed by atoms with E-state index >= 15 is 0 Å². The molecule has 15 heavy (non-hydrogen) atoms. The van der Waals surface area contributed by atoms with Crippen molar-refractivity contribution in [3.63, 3.8) is 0 Å². The van der Waals surface area contributed by atoms with Gasteiger partial charge in [-0.1, -0.05) is 12.1 Å². The lowest BCUT2D eigenvalue weighted by Gasteiger charge is -2.06. The molecular formula is C11H14O3S. The maximum Gasteiger partial charge on any atom is 0.316 e. The number of carboxylic acids is 1. The first-order valence-corrected chi connectivity index (χ1v) is 5.65. The van der Waals surface area contributed by atoms with E-state index in [1.54, 1.807) is 14.0 Å². The summed E-state index contributed by atoms with van der Waals surface area (Å²) in [6.07, 6.45) is 0. The minimum atomic E-state index is -0.770. The summed E-state index contributed by atoms with van der Waals surface area (Å²) in [5.74, 6) is 0.751. The minimum Gasteiger partial charge on any atom is -0.497 e. The van der Waals surface area contributed by atoms with Crippen LogP contribution in [0.1, 0.15) is 12.5 Å². The van der Waals surface area contributed by atoms with E-state index in [0.29, 0.717) is 5.75 Å². The van der Waals surface area contributed by atoms with Crippen molar-refractivity contribution in [1.29, 1.82) is 0 Å². The van der Waals surface area contributed by atoms with Crippen molar-refractivity contribution in [2.45, 2.75) is 17.9 Å². The number of hydrogen-bond donors (Lipinski definition) is 1. The maximum atomic E-state index is 10.6. The molecule has 0 spiro atoms. The van der Waals surface area contributed by atoms with Crippen LogP contribution < -0.4 is 4.74 Å². The third-order valence-corrected chi connectivity index (χ3v) is 3.21. The normalized spacial score (nSPS) is 12.1. The molecule has 0 bridgehead atoms. The molecule has 4 heteroatoms. The molecule has 0 aliphatic rings.